The molecule has 0 radical (unpaired) electrons. The Hall–Kier alpha value is -2.13. The van der Waals surface area contributed by atoms with Crippen LogP contribution in [0, 0.1) is 0 Å². The van der Waals surface area contributed by atoms with Crippen LogP contribution in [0.15, 0.2) is 53.9 Å². The molecule has 1 unspecified atom stereocenters. The van der Waals surface area contributed by atoms with Gasteiger partial charge in [-0.1, -0.05) is 24.3 Å². The van der Waals surface area contributed by atoms with Crippen molar-refractivity contribution in [1.82, 2.24) is 4.90 Å². The maximum absolute atomic E-state index is 11.5. The summed E-state index contributed by atoms with van der Waals surface area (Å²) >= 11 is 1.68. The van der Waals surface area contributed by atoms with E-state index in [1.165, 1.54) is 4.70 Å². The van der Waals surface area contributed by atoms with Gasteiger partial charge in [0.25, 0.3) is 0 Å². The van der Waals surface area contributed by atoms with Crippen LogP contribution in [0.5, 0.6) is 0 Å². The Labute approximate surface area is 181 Å². The minimum absolute atomic E-state index is 0.446. The molecule has 0 aliphatic carbocycles. The van der Waals surface area contributed by atoms with Crippen LogP contribution in [0.1, 0.15) is 18.1 Å². The topological polar surface area (TPSA) is 72.9 Å². The summed E-state index contributed by atoms with van der Waals surface area (Å²) in [6.45, 7) is 4.44. The van der Waals surface area contributed by atoms with Gasteiger partial charge < -0.3 is 10.0 Å². The number of benzene rings is 2. The number of fused-ring (bicyclic) bond motifs is 1. The summed E-state index contributed by atoms with van der Waals surface area (Å²) in [7, 11) is -3.28. The fraction of sp³-hybridized carbons (Fsp3) is 0.364. The summed E-state index contributed by atoms with van der Waals surface area (Å²) in [5.41, 5.74) is 2.64. The minimum atomic E-state index is -3.28. The summed E-state index contributed by atoms with van der Waals surface area (Å²) in [6, 6.07) is 15.7. The molecular weight excluding hydrogens is 418 g/mol. The van der Waals surface area contributed by atoms with Crippen LogP contribution in [0.25, 0.3) is 10.1 Å². The lowest BCUT2D eigenvalue weighted by molar-refractivity contribution is 0.141. The van der Waals surface area contributed by atoms with E-state index in [1.54, 1.807) is 17.4 Å². The van der Waals surface area contributed by atoms with Crippen molar-refractivity contribution < 1.29 is 13.5 Å². The SMILES string of the molecule is CS(=O)(=O)Nc1cccc(N2CCN(CCC(O)c3csc4ccccc34)CC2)c1. The molecule has 0 saturated carbocycles. The molecule has 1 saturated heterocycles. The van der Waals surface area contributed by atoms with Gasteiger partial charge in [-0.25, -0.2) is 8.42 Å². The molecule has 1 aliphatic heterocycles. The van der Waals surface area contributed by atoms with Gasteiger partial charge in [0, 0.05) is 43.1 Å². The molecule has 2 aromatic carbocycles. The molecule has 160 valence electrons. The molecule has 4 rings (SSSR count). The molecule has 1 fully saturated rings. The number of nitrogens with one attached hydrogen (secondary N) is 1. The predicted octanol–water partition coefficient (Wildman–Crippen LogP) is 3.52. The first kappa shape index (κ1) is 21.1. The van der Waals surface area contributed by atoms with E-state index in [0.29, 0.717) is 12.1 Å². The standard InChI is InChI=1S/C22H27N3O3S2/c1-30(27,28)23-17-5-4-6-18(15-17)25-13-11-24(12-14-25)10-9-21(26)20-16-29-22-8-3-2-7-19(20)22/h2-8,15-16,21,23,26H,9-14H2,1H3. The van der Waals surface area contributed by atoms with E-state index in [2.05, 4.69) is 32.0 Å². The Bertz CT molecular complexity index is 1110. The second-order valence-electron chi connectivity index (χ2n) is 7.74. The number of aliphatic hydroxyl groups excluding tert-OH is 1. The molecule has 2 N–H and O–H groups in total. The molecule has 1 atom stereocenters. The Morgan fingerprint density at radius 2 is 1.87 bits per heavy atom. The van der Waals surface area contributed by atoms with Crippen molar-refractivity contribution in [3.63, 3.8) is 0 Å². The lowest BCUT2D eigenvalue weighted by Gasteiger charge is -2.36. The van der Waals surface area contributed by atoms with Crippen molar-refractivity contribution >= 4 is 42.8 Å². The zero-order valence-electron chi connectivity index (χ0n) is 17.0. The van der Waals surface area contributed by atoms with Gasteiger partial charge in [-0.05, 0) is 47.0 Å². The molecular formula is C22H27N3O3S2. The first-order valence-electron chi connectivity index (χ1n) is 10.1. The smallest absolute Gasteiger partial charge is 0.229 e. The van der Waals surface area contributed by atoms with Crippen molar-refractivity contribution in [2.24, 2.45) is 0 Å². The largest absolute Gasteiger partial charge is 0.388 e. The van der Waals surface area contributed by atoms with Gasteiger partial charge >= 0.3 is 0 Å². The van der Waals surface area contributed by atoms with Crippen LogP contribution in [-0.4, -0.2) is 57.4 Å². The van der Waals surface area contributed by atoms with Crippen LogP contribution in [0.2, 0.25) is 0 Å². The van der Waals surface area contributed by atoms with Crippen molar-refractivity contribution in [1.29, 1.82) is 0 Å². The maximum Gasteiger partial charge on any atom is 0.229 e. The molecule has 1 aromatic heterocycles. The van der Waals surface area contributed by atoms with Gasteiger partial charge in [0.2, 0.25) is 10.0 Å². The van der Waals surface area contributed by atoms with Gasteiger partial charge in [-0.3, -0.25) is 9.62 Å². The number of aliphatic hydroxyl groups is 1. The van der Waals surface area contributed by atoms with Crippen LogP contribution in [0.3, 0.4) is 0 Å². The average molecular weight is 446 g/mol. The highest BCUT2D eigenvalue weighted by atomic mass is 32.2. The molecule has 1 aliphatic rings. The van der Waals surface area contributed by atoms with E-state index in [9.17, 15) is 13.5 Å². The monoisotopic (exact) mass is 445 g/mol. The lowest BCUT2D eigenvalue weighted by atomic mass is 10.1. The van der Waals surface area contributed by atoms with Crippen molar-refractivity contribution in [2.45, 2.75) is 12.5 Å². The molecule has 2 heterocycles. The highest BCUT2D eigenvalue weighted by Gasteiger charge is 2.20. The highest BCUT2D eigenvalue weighted by molar-refractivity contribution is 7.92. The minimum Gasteiger partial charge on any atom is -0.388 e. The lowest BCUT2D eigenvalue weighted by Crippen LogP contribution is -2.46. The number of piperazine rings is 1. The first-order valence-corrected chi connectivity index (χ1v) is 12.9. The third-order valence-electron chi connectivity index (χ3n) is 5.48. The molecule has 6 nitrogen and oxygen atoms in total. The summed E-state index contributed by atoms with van der Waals surface area (Å²) in [4.78, 5) is 4.65. The van der Waals surface area contributed by atoms with Crippen molar-refractivity contribution in [2.75, 3.05) is 48.6 Å². The second kappa shape index (κ2) is 8.93. The van der Waals surface area contributed by atoms with Gasteiger partial charge in [0.05, 0.1) is 18.0 Å². The van der Waals surface area contributed by atoms with Gasteiger partial charge in [0.1, 0.15) is 0 Å². The second-order valence-corrected chi connectivity index (χ2v) is 10.4. The number of nitrogens with zero attached hydrogens (tertiary/aromatic N) is 2. The number of anilines is 2. The Balaban J connectivity index is 1.30. The van der Waals surface area contributed by atoms with Crippen molar-refractivity contribution in [3.8, 4) is 0 Å². The van der Waals surface area contributed by atoms with E-state index in [4.69, 9.17) is 0 Å². The first-order chi connectivity index (χ1) is 14.4. The van der Waals surface area contributed by atoms with E-state index in [0.717, 1.165) is 55.6 Å². The number of sulfonamides is 1. The summed E-state index contributed by atoms with van der Waals surface area (Å²) in [6.07, 6.45) is 1.43. The predicted molar refractivity (Wildman–Crippen MR) is 125 cm³/mol. The average Bonchev–Trinajstić information content (AvgIpc) is 3.16. The zero-order chi connectivity index (χ0) is 21.1. The molecule has 0 amide bonds. The van der Waals surface area contributed by atoms with Gasteiger partial charge in [-0.2, -0.15) is 0 Å². The summed E-state index contributed by atoms with van der Waals surface area (Å²) in [5.74, 6) is 0. The Kier molecular flexibility index (Phi) is 6.29. The highest BCUT2D eigenvalue weighted by Crippen LogP contribution is 2.31. The van der Waals surface area contributed by atoms with Crippen LogP contribution >= 0.6 is 11.3 Å². The van der Waals surface area contributed by atoms with Gasteiger partial charge in [-0.15, -0.1) is 11.3 Å². The fourth-order valence-corrected chi connectivity index (χ4v) is 5.49. The van der Waals surface area contributed by atoms with Crippen LogP contribution in [-0.2, 0) is 10.0 Å². The Morgan fingerprint density at radius 3 is 2.63 bits per heavy atom. The maximum atomic E-state index is 11.5. The number of hydrogen-bond donors (Lipinski definition) is 2. The Morgan fingerprint density at radius 1 is 1.10 bits per heavy atom. The number of rotatable bonds is 7. The molecule has 3 aromatic rings. The van der Waals surface area contributed by atoms with E-state index >= 15 is 0 Å². The van der Waals surface area contributed by atoms with E-state index < -0.39 is 16.1 Å². The van der Waals surface area contributed by atoms with Gasteiger partial charge in [0.15, 0.2) is 0 Å². The zero-order valence-corrected chi connectivity index (χ0v) is 18.6. The normalized spacial score (nSPS) is 16.7. The van der Waals surface area contributed by atoms with Crippen LogP contribution in [0.4, 0.5) is 11.4 Å². The van der Waals surface area contributed by atoms with E-state index in [1.807, 2.05) is 30.3 Å². The number of hydrogen-bond acceptors (Lipinski definition) is 6. The molecule has 8 heteroatoms. The molecule has 0 bridgehead atoms. The summed E-state index contributed by atoms with van der Waals surface area (Å²) < 4.78 is 26.7. The quantitative estimate of drug-likeness (QED) is 0.582. The third kappa shape index (κ3) is 5.13. The van der Waals surface area contributed by atoms with Crippen LogP contribution < -0.4 is 9.62 Å². The third-order valence-corrected chi connectivity index (χ3v) is 7.06. The number of thiophene rings is 1. The van der Waals surface area contributed by atoms with Crippen molar-refractivity contribution in [3.05, 3.63) is 59.5 Å². The van der Waals surface area contributed by atoms with E-state index in [-0.39, 0.29) is 0 Å². The molecule has 0 spiro atoms. The molecule has 30 heavy (non-hydrogen) atoms. The summed E-state index contributed by atoms with van der Waals surface area (Å²) in [5, 5.41) is 13.9. The fourth-order valence-electron chi connectivity index (χ4n) is 3.93.